The number of aromatic nitrogens is 4. The zero-order valence-electron chi connectivity index (χ0n) is 15.4. The maximum Gasteiger partial charge on any atom is 0.220 e. The topological polar surface area (TPSA) is 105 Å². The van der Waals surface area contributed by atoms with Crippen LogP contribution in [0.2, 0.25) is 0 Å². The van der Waals surface area contributed by atoms with Gasteiger partial charge < -0.3 is 16.2 Å². The molecule has 2 aromatic heterocycles. The van der Waals surface area contributed by atoms with Crippen LogP contribution in [0.4, 0.5) is 11.6 Å². The van der Waals surface area contributed by atoms with Crippen LogP contribution in [-0.4, -0.2) is 26.9 Å². The number of hydrogen-bond donors (Lipinski definition) is 2. The van der Waals surface area contributed by atoms with E-state index in [2.05, 4.69) is 9.97 Å². The van der Waals surface area contributed by atoms with E-state index >= 15 is 0 Å². The van der Waals surface area contributed by atoms with Crippen molar-refractivity contribution in [2.24, 2.45) is 0 Å². The number of rotatable bonds is 5. The van der Waals surface area contributed by atoms with Crippen molar-refractivity contribution in [1.29, 1.82) is 0 Å². The Morgan fingerprint density at radius 1 is 1.04 bits per heavy atom. The Morgan fingerprint density at radius 2 is 1.86 bits per heavy atom. The standard InChI is InChI=1S/C21H20N6O/c1-28-17-7-5-14(6-8-17)12-27-13-18(19-9-10-24-21(23)25-19)20(26-27)15-3-2-4-16(22)11-15/h2-11,13H,12,22H2,1H3,(H2,23,24,25). The second-order valence-corrected chi connectivity index (χ2v) is 6.36. The third kappa shape index (κ3) is 3.64. The first-order valence-electron chi connectivity index (χ1n) is 8.77. The number of methoxy groups -OCH3 is 1. The fourth-order valence-electron chi connectivity index (χ4n) is 3.03. The predicted octanol–water partition coefficient (Wildman–Crippen LogP) is 3.23. The van der Waals surface area contributed by atoms with Gasteiger partial charge >= 0.3 is 0 Å². The Bertz CT molecular complexity index is 1040. The van der Waals surface area contributed by atoms with E-state index in [1.54, 1.807) is 13.3 Å². The molecule has 28 heavy (non-hydrogen) atoms. The molecule has 0 fully saturated rings. The minimum Gasteiger partial charge on any atom is -0.497 e. The van der Waals surface area contributed by atoms with Crippen molar-refractivity contribution in [3.05, 3.63) is 72.6 Å². The van der Waals surface area contributed by atoms with Crippen LogP contribution < -0.4 is 16.2 Å². The monoisotopic (exact) mass is 372 g/mol. The Balaban J connectivity index is 1.77. The van der Waals surface area contributed by atoms with Crippen molar-refractivity contribution in [2.45, 2.75) is 6.54 Å². The average Bonchev–Trinajstić information content (AvgIpc) is 3.12. The van der Waals surface area contributed by atoms with Crippen molar-refractivity contribution in [1.82, 2.24) is 19.7 Å². The third-order valence-electron chi connectivity index (χ3n) is 4.38. The van der Waals surface area contributed by atoms with E-state index < -0.39 is 0 Å². The lowest BCUT2D eigenvalue weighted by molar-refractivity contribution is 0.414. The van der Waals surface area contributed by atoms with Gasteiger partial charge in [-0.3, -0.25) is 4.68 Å². The van der Waals surface area contributed by atoms with Gasteiger partial charge in [0, 0.05) is 29.2 Å². The van der Waals surface area contributed by atoms with Gasteiger partial charge in [-0.2, -0.15) is 5.10 Å². The van der Waals surface area contributed by atoms with Crippen LogP contribution in [0.5, 0.6) is 5.75 Å². The molecule has 0 bridgehead atoms. The molecule has 4 rings (SSSR count). The summed E-state index contributed by atoms with van der Waals surface area (Å²) in [4.78, 5) is 8.34. The van der Waals surface area contributed by atoms with E-state index in [0.717, 1.165) is 28.1 Å². The van der Waals surface area contributed by atoms with Crippen molar-refractivity contribution in [2.75, 3.05) is 18.6 Å². The van der Waals surface area contributed by atoms with E-state index in [4.69, 9.17) is 21.3 Å². The Morgan fingerprint density at radius 3 is 2.57 bits per heavy atom. The van der Waals surface area contributed by atoms with Crippen molar-refractivity contribution < 1.29 is 4.74 Å². The lowest BCUT2D eigenvalue weighted by Crippen LogP contribution is -2.00. The minimum absolute atomic E-state index is 0.221. The molecule has 0 atom stereocenters. The van der Waals surface area contributed by atoms with Crippen LogP contribution in [0.1, 0.15) is 5.56 Å². The van der Waals surface area contributed by atoms with Crippen molar-refractivity contribution >= 4 is 11.6 Å². The maximum atomic E-state index is 5.97. The summed E-state index contributed by atoms with van der Waals surface area (Å²) in [7, 11) is 1.65. The Hall–Kier alpha value is -3.87. The molecule has 4 N–H and O–H groups in total. The van der Waals surface area contributed by atoms with Gasteiger partial charge in [0.2, 0.25) is 5.95 Å². The van der Waals surface area contributed by atoms with E-state index in [1.165, 1.54) is 0 Å². The summed E-state index contributed by atoms with van der Waals surface area (Å²) in [6, 6.07) is 17.4. The molecular formula is C21H20N6O. The largest absolute Gasteiger partial charge is 0.497 e. The normalized spacial score (nSPS) is 10.8. The van der Waals surface area contributed by atoms with Gasteiger partial charge in [-0.15, -0.1) is 0 Å². The highest BCUT2D eigenvalue weighted by molar-refractivity contribution is 5.80. The number of hydrogen-bond acceptors (Lipinski definition) is 6. The molecule has 0 aliphatic carbocycles. The molecule has 4 aromatic rings. The molecule has 0 radical (unpaired) electrons. The van der Waals surface area contributed by atoms with Gasteiger partial charge in [-0.25, -0.2) is 9.97 Å². The van der Waals surface area contributed by atoms with Gasteiger partial charge in [0.25, 0.3) is 0 Å². The van der Waals surface area contributed by atoms with E-state index in [9.17, 15) is 0 Å². The fourth-order valence-corrected chi connectivity index (χ4v) is 3.03. The highest BCUT2D eigenvalue weighted by Gasteiger charge is 2.15. The first-order chi connectivity index (χ1) is 13.6. The summed E-state index contributed by atoms with van der Waals surface area (Å²) in [6.45, 7) is 0.611. The van der Waals surface area contributed by atoms with Crippen molar-refractivity contribution in [3.63, 3.8) is 0 Å². The van der Waals surface area contributed by atoms with E-state index in [1.807, 2.05) is 65.5 Å². The molecule has 2 aromatic carbocycles. The minimum atomic E-state index is 0.221. The molecular weight excluding hydrogens is 352 g/mol. The SMILES string of the molecule is COc1ccc(Cn2cc(-c3ccnc(N)n3)c(-c3cccc(N)c3)n2)cc1. The number of nitrogens with zero attached hydrogens (tertiary/aromatic N) is 4. The molecule has 0 saturated heterocycles. The van der Waals surface area contributed by atoms with Gasteiger partial charge in [0.05, 0.1) is 19.3 Å². The predicted molar refractivity (Wildman–Crippen MR) is 110 cm³/mol. The van der Waals surface area contributed by atoms with Crippen molar-refractivity contribution in [3.8, 4) is 28.3 Å². The van der Waals surface area contributed by atoms with Crippen LogP contribution in [0.25, 0.3) is 22.5 Å². The van der Waals surface area contributed by atoms with Gasteiger partial charge in [0.15, 0.2) is 0 Å². The number of nitrogen functional groups attached to an aromatic ring is 2. The Kier molecular flexibility index (Phi) is 4.63. The van der Waals surface area contributed by atoms with Crippen LogP contribution in [0, 0.1) is 0 Å². The summed E-state index contributed by atoms with van der Waals surface area (Å²) in [6.07, 6.45) is 3.60. The Labute approximate surface area is 162 Å². The highest BCUT2D eigenvalue weighted by atomic mass is 16.5. The van der Waals surface area contributed by atoms with E-state index in [-0.39, 0.29) is 5.95 Å². The summed E-state index contributed by atoms with van der Waals surface area (Å²) >= 11 is 0. The second kappa shape index (κ2) is 7.40. The number of nitrogens with two attached hydrogens (primary N) is 2. The number of anilines is 2. The molecule has 7 heteroatoms. The first-order valence-corrected chi connectivity index (χ1v) is 8.77. The first kappa shape index (κ1) is 17.5. The maximum absolute atomic E-state index is 5.97. The van der Waals surface area contributed by atoms with Crippen LogP contribution in [0.3, 0.4) is 0 Å². The third-order valence-corrected chi connectivity index (χ3v) is 4.38. The molecule has 0 spiro atoms. The molecule has 0 saturated carbocycles. The fraction of sp³-hybridized carbons (Fsp3) is 0.0952. The van der Waals surface area contributed by atoms with E-state index in [0.29, 0.717) is 17.9 Å². The van der Waals surface area contributed by atoms with Crippen LogP contribution >= 0.6 is 0 Å². The lowest BCUT2D eigenvalue weighted by atomic mass is 10.1. The number of ether oxygens (including phenoxy) is 1. The van der Waals surface area contributed by atoms with Crippen LogP contribution in [0.15, 0.2) is 67.0 Å². The molecule has 0 unspecified atom stereocenters. The van der Waals surface area contributed by atoms with Gasteiger partial charge in [-0.1, -0.05) is 24.3 Å². The van der Waals surface area contributed by atoms with Gasteiger partial charge in [-0.05, 0) is 35.9 Å². The summed E-state index contributed by atoms with van der Waals surface area (Å²) < 4.78 is 7.10. The number of benzene rings is 2. The zero-order valence-corrected chi connectivity index (χ0v) is 15.4. The summed E-state index contributed by atoms with van der Waals surface area (Å²) in [5.74, 6) is 1.04. The summed E-state index contributed by atoms with van der Waals surface area (Å²) in [5.41, 5.74) is 16.8. The van der Waals surface area contributed by atoms with Gasteiger partial charge in [0.1, 0.15) is 11.4 Å². The molecule has 0 aliphatic heterocycles. The molecule has 0 aliphatic rings. The molecule has 7 nitrogen and oxygen atoms in total. The second-order valence-electron chi connectivity index (χ2n) is 6.36. The zero-order chi connectivity index (χ0) is 19.5. The highest BCUT2D eigenvalue weighted by Crippen LogP contribution is 2.31. The molecule has 0 amide bonds. The quantitative estimate of drug-likeness (QED) is 0.521. The molecule has 2 heterocycles. The average molecular weight is 372 g/mol. The lowest BCUT2D eigenvalue weighted by Gasteiger charge is -2.04. The molecule has 140 valence electrons. The smallest absolute Gasteiger partial charge is 0.220 e. The van der Waals surface area contributed by atoms with Crippen LogP contribution in [-0.2, 0) is 6.54 Å². The summed E-state index contributed by atoms with van der Waals surface area (Å²) in [5, 5.41) is 4.79.